The van der Waals surface area contributed by atoms with Gasteiger partial charge in [-0.3, -0.25) is 4.18 Å². The average molecular weight is 458 g/mol. The van der Waals surface area contributed by atoms with Crippen LogP contribution in [0.2, 0.25) is 0 Å². The maximum absolute atomic E-state index is 12.8. The summed E-state index contributed by atoms with van der Waals surface area (Å²) >= 11 is 1.33. The van der Waals surface area contributed by atoms with Crippen molar-refractivity contribution in [2.24, 2.45) is 5.11 Å². The average Bonchev–Trinajstić information content (AvgIpc) is 3.20. The standard InChI is InChI=1S/C22H23N3O4S2/c1-14-9-15(2)22(16(3)10-14)31(27,28)29-12-19(26)21(24-25-23)20-11-18(13-30-20)17-7-5-4-6-8-17/h4-11,13,19,21,26H,12H2,1-3H3/t19-,21-/m1/s1. The monoisotopic (exact) mass is 457 g/mol. The normalized spacial score (nSPS) is 13.4. The van der Waals surface area contributed by atoms with Gasteiger partial charge in [-0.05, 0) is 60.0 Å². The minimum absolute atomic E-state index is 0.0909. The third-order valence-corrected chi connectivity index (χ3v) is 7.40. The van der Waals surface area contributed by atoms with E-state index in [4.69, 9.17) is 9.71 Å². The molecule has 3 aromatic rings. The first-order valence-electron chi connectivity index (χ1n) is 9.56. The summed E-state index contributed by atoms with van der Waals surface area (Å²) in [4.78, 5) is 3.53. The largest absolute Gasteiger partial charge is 0.390 e. The number of benzene rings is 2. The van der Waals surface area contributed by atoms with E-state index in [1.54, 1.807) is 26.0 Å². The molecule has 2 atom stereocenters. The molecule has 162 valence electrons. The maximum atomic E-state index is 12.8. The van der Waals surface area contributed by atoms with Crippen LogP contribution in [0.4, 0.5) is 0 Å². The summed E-state index contributed by atoms with van der Waals surface area (Å²) in [5.41, 5.74) is 13.0. The third-order valence-electron chi connectivity index (χ3n) is 4.81. The Balaban J connectivity index is 1.80. The Morgan fingerprint density at radius 1 is 1.10 bits per heavy atom. The fourth-order valence-corrected chi connectivity index (χ4v) is 5.89. The molecule has 0 unspecified atom stereocenters. The number of aliphatic hydroxyl groups is 1. The predicted octanol–water partition coefficient (Wildman–Crippen LogP) is 5.46. The molecule has 0 aliphatic carbocycles. The van der Waals surface area contributed by atoms with E-state index >= 15 is 0 Å². The summed E-state index contributed by atoms with van der Waals surface area (Å²) in [6.07, 6.45) is -1.33. The summed E-state index contributed by atoms with van der Waals surface area (Å²) in [5, 5.41) is 16.2. The van der Waals surface area contributed by atoms with Crippen LogP contribution in [0.25, 0.3) is 21.6 Å². The van der Waals surface area contributed by atoms with Crippen molar-refractivity contribution >= 4 is 21.5 Å². The first kappa shape index (κ1) is 23.0. The van der Waals surface area contributed by atoms with Crippen molar-refractivity contribution in [3.05, 3.63) is 85.9 Å². The van der Waals surface area contributed by atoms with Gasteiger partial charge in [0.25, 0.3) is 10.1 Å². The second-order valence-electron chi connectivity index (χ2n) is 7.29. The van der Waals surface area contributed by atoms with Crippen LogP contribution < -0.4 is 0 Å². The molecule has 9 heteroatoms. The van der Waals surface area contributed by atoms with E-state index in [1.807, 2.05) is 48.7 Å². The molecular formula is C22H23N3O4S2. The molecule has 0 spiro atoms. The molecule has 1 N–H and O–H groups in total. The lowest BCUT2D eigenvalue weighted by Gasteiger charge is -2.18. The maximum Gasteiger partial charge on any atom is 0.297 e. The van der Waals surface area contributed by atoms with Gasteiger partial charge in [-0.25, -0.2) is 0 Å². The predicted molar refractivity (Wildman–Crippen MR) is 121 cm³/mol. The van der Waals surface area contributed by atoms with Gasteiger partial charge in [0, 0.05) is 9.79 Å². The zero-order chi connectivity index (χ0) is 22.6. The number of hydrogen-bond donors (Lipinski definition) is 1. The van der Waals surface area contributed by atoms with Crippen LogP contribution in [-0.2, 0) is 14.3 Å². The molecule has 0 radical (unpaired) electrons. The molecule has 0 aliphatic rings. The van der Waals surface area contributed by atoms with Gasteiger partial charge in [-0.1, -0.05) is 53.1 Å². The molecule has 0 amide bonds. The van der Waals surface area contributed by atoms with Crippen LogP contribution in [0.5, 0.6) is 0 Å². The Morgan fingerprint density at radius 2 is 1.74 bits per heavy atom. The summed E-state index contributed by atoms with van der Waals surface area (Å²) in [6.45, 7) is 4.76. The van der Waals surface area contributed by atoms with E-state index in [0.29, 0.717) is 16.0 Å². The van der Waals surface area contributed by atoms with Gasteiger partial charge in [0.2, 0.25) is 0 Å². The third kappa shape index (κ3) is 5.33. The van der Waals surface area contributed by atoms with Gasteiger partial charge in [0.15, 0.2) is 0 Å². The molecule has 0 bridgehead atoms. The van der Waals surface area contributed by atoms with Crippen LogP contribution in [0.1, 0.15) is 27.6 Å². The minimum atomic E-state index is -4.09. The van der Waals surface area contributed by atoms with Crippen molar-refractivity contribution in [3.63, 3.8) is 0 Å². The number of aryl methyl sites for hydroxylation is 3. The van der Waals surface area contributed by atoms with Gasteiger partial charge < -0.3 is 5.11 Å². The number of hydrogen-bond acceptors (Lipinski definition) is 6. The molecule has 7 nitrogen and oxygen atoms in total. The van der Waals surface area contributed by atoms with Gasteiger partial charge in [0.05, 0.1) is 17.6 Å². The number of thiophene rings is 1. The SMILES string of the molecule is Cc1cc(C)c(S(=O)(=O)OC[C@@H](O)[C@@H](N=[N+]=[N-])c2cc(-c3ccccc3)cs2)c(C)c1. The molecule has 0 fully saturated rings. The van der Waals surface area contributed by atoms with Crippen molar-refractivity contribution in [1.82, 2.24) is 0 Å². The first-order chi connectivity index (χ1) is 14.7. The molecular weight excluding hydrogens is 434 g/mol. The van der Waals surface area contributed by atoms with Gasteiger partial charge in [-0.2, -0.15) is 8.42 Å². The van der Waals surface area contributed by atoms with E-state index in [2.05, 4.69) is 10.0 Å². The van der Waals surface area contributed by atoms with Crippen molar-refractivity contribution in [2.45, 2.75) is 37.8 Å². The van der Waals surface area contributed by atoms with Crippen LogP contribution in [0, 0.1) is 20.8 Å². The lowest BCUT2D eigenvalue weighted by Crippen LogP contribution is -2.25. The van der Waals surface area contributed by atoms with E-state index in [9.17, 15) is 13.5 Å². The van der Waals surface area contributed by atoms with Gasteiger partial charge in [0.1, 0.15) is 6.04 Å². The van der Waals surface area contributed by atoms with Crippen LogP contribution in [-0.4, -0.2) is 26.2 Å². The zero-order valence-corrected chi connectivity index (χ0v) is 19.0. The van der Waals surface area contributed by atoms with E-state index < -0.39 is 28.9 Å². The first-order valence-corrected chi connectivity index (χ1v) is 11.8. The van der Waals surface area contributed by atoms with Crippen molar-refractivity contribution in [2.75, 3.05) is 6.61 Å². The second kappa shape index (κ2) is 9.64. The van der Waals surface area contributed by atoms with Crippen molar-refractivity contribution in [1.29, 1.82) is 0 Å². The number of aliphatic hydroxyl groups excluding tert-OH is 1. The quantitative estimate of drug-likeness (QED) is 0.209. The van der Waals surface area contributed by atoms with Crippen LogP contribution in [0.15, 0.2) is 63.9 Å². The smallest absolute Gasteiger partial charge is 0.297 e. The summed E-state index contributed by atoms with van der Waals surface area (Å²) in [5.74, 6) is 0. The van der Waals surface area contributed by atoms with Crippen LogP contribution in [0.3, 0.4) is 0 Å². The molecule has 3 rings (SSSR count). The Morgan fingerprint density at radius 3 is 2.35 bits per heavy atom. The highest BCUT2D eigenvalue weighted by atomic mass is 32.2. The lowest BCUT2D eigenvalue weighted by molar-refractivity contribution is 0.0889. The molecule has 2 aromatic carbocycles. The van der Waals surface area contributed by atoms with Gasteiger partial charge >= 0.3 is 0 Å². The second-order valence-corrected chi connectivity index (χ2v) is 9.78. The molecule has 1 heterocycles. The highest BCUT2D eigenvalue weighted by molar-refractivity contribution is 7.86. The molecule has 0 aliphatic heterocycles. The van der Waals surface area contributed by atoms with Crippen molar-refractivity contribution < 1.29 is 17.7 Å². The lowest BCUT2D eigenvalue weighted by atomic mass is 10.1. The van der Waals surface area contributed by atoms with Gasteiger partial charge in [-0.15, -0.1) is 11.3 Å². The molecule has 1 aromatic heterocycles. The molecule has 0 saturated heterocycles. The Hall–Kier alpha value is -2.68. The Labute approximate surface area is 185 Å². The fourth-order valence-electron chi connectivity index (χ4n) is 3.54. The molecule has 0 saturated carbocycles. The van der Waals surface area contributed by atoms with E-state index in [0.717, 1.165) is 16.7 Å². The zero-order valence-electron chi connectivity index (χ0n) is 17.4. The summed E-state index contributed by atoms with van der Waals surface area (Å²) in [7, 11) is -4.09. The molecule has 31 heavy (non-hydrogen) atoms. The Kier molecular flexibility index (Phi) is 7.15. The number of rotatable bonds is 8. The van der Waals surface area contributed by atoms with E-state index in [1.165, 1.54) is 11.3 Å². The number of azide groups is 1. The minimum Gasteiger partial charge on any atom is -0.390 e. The topological polar surface area (TPSA) is 112 Å². The fraction of sp³-hybridized carbons (Fsp3) is 0.273. The summed E-state index contributed by atoms with van der Waals surface area (Å²) in [6, 6.07) is 14.0. The number of nitrogens with zero attached hydrogens (tertiary/aromatic N) is 3. The Bertz CT molecular complexity index is 1190. The van der Waals surface area contributed by atoms with Crippen LogP contribution >= 0.6 is 11.3 Å². The van der Waals surface area contributed by atoms with E-state index in [-0.39, 0.29) is 4.90 Å². The van der Waals surface area contributed by atoms with Crippen molar-refractivity contribution in [3.8, 4) is 11.1 Å². The highest BCUT2D eigenvalue weighted by Crippen LogP contribution is 2.33. The summed E-state index contributed by atoms with van der Waals surface area (Å²) < 4.78 is 30.7. The highest BCUT2D eigenvalue weighted by Gasteiger charge is 2.27.